The number of hydrogen-bond acceptors (Lipinski definition) is 4. The van der Waals surface area contributed by atoms with Crippen molar-refractivity contribution in [3.8, 4) is 5.75 Å². The number of nitrogens with one attached hydrogen (secondary N) is 1. The van der Waals surface area contributed by atoms with Gasteiger partial charge in [-0.3, -0.25) is 9.59 Å². The van der Waals surface area contributed by atoms with E-state index >= 15 is 0 Å². The highest BCUT2D eigenvalue weighted by Crippen LogP contribution is 2.23. The average Bonchev–Trinajstić information content (AvgIpc) is 2.66. The van der Waals surface area contributed by atoms with Crippen LogP contribution in [0.25, 0.3) is 10.8 Å². The number of pyridine rings is 1. The molecule has 0 unspecified atom stereocenters. The molecule has 0 spiro atoms. The predicted octanol–water partition coefficient (Wildman–Crippen LogP) is 2.38. The Morgan fingerprint density at radius 3 is 2.64 bits per heavy atom. The van der Waals surface area contributed by atoms with Crippen molar-refractivity contribution >= 4 is 16.7 Å². The fourth-order valence-corrected chi connectivity index (χ4v) is 3.46. The number of carbonyl (C=O) groups is 1. The first-order valence-electron chi connectivity index (χ1n) is 8.70. The minimum atomic E-state index is -0.356. The van der Waals surface area contributed by atoms with Crippen LogP contribution in [0.3, 0.4) is 0 Å². The van der Waals surface area contributed by atoms with Gasteiger partial charge in [-0.25, -0.2) is 0 Å². The highest BCUT2D eigenvalue weighted by Gasteiger charge is 2.19. The number of amides is 1. The van der Waals surface area contributed by atoms with Crippen LogP contribution >= 0.6 is 0 Å². The molecule has 1 aromatic heterocycles. The highest BCUT2D eigenvalue weighted by atomic mass is 16.7. The summed E-state index contributed by atoms with van der Waals surface area (Å²) in [7, 11) is 2.95. The number of fused-ring (bicyclic) bond motifs is 1. The smallest absolute Gasteiger partial charge is 0.291 e. The predicted molar refractivity (Wildman–Crippen MR) is 96.2 cm³/mol. The molecule has 2 aromatic rings. The Morgan fingerprint density at radius 1 is 1.20 bits per heavy atom. The lowest BCUT2D eigenvalue weighted by atomic mass is 9.89. The molecule has 1 saturated carbocycles. The fraction of sp³-hybridized carbons (Fsp3) is 0.474. The third kappa shape index (κ3) is 3.62. The molecule has 1 amide bonds. The van der Waals surface area contributed by atoms with Crippen molar-refractivity contribution in [3.63, 3.8) is 0 Å². The number of hydrogen-bond donors (Lipinski definition) is 1. The summed E-state index contributed by atoms with van der Waals surface area (Å²) in [5, 5.41) is 4.09. The summed E-state index contributed by atoms with van der Waals surface area (Å²) in [5.41, 5.74) is -0.158. The summed E-state index contributed by atoms with van der Waals surface area (Å²) in [6, 6.07) is 6.80. The number of nitrogens with zero attached hydrogens (tertiary/aromatic N) is 1. The molecule has 0 saturated heterocycles. The molecule has 6 heteroatoms. The number of benzene rings is 1. The minimum absolute atomic E-state index is 0.198. The number of aromatic nitrogens is 1. The molecule has 1 fully saturated rings. The zero-order chi connectivity index (χ0) is 17.8. The maximum Gasteiger partial charge on any atom is 0.291 e. The van der Waals surface area contributed by atoms with E-state index in [2.05, 4.69) is 5.32 Å². The molecule has 1 aliphatic carbocycles. The maximum absolute atomic E-state index is 12.6. The Morgan fingerprint density at radius 2 is 1.96 bits per heavy atom. The van der Waals surface area contributed by atoms with E-state index in [9.17, 15) is 9.59 Å². The SMILES string of the molecule is COc1ccc2c(=O)n(OC)c(C(=O)NCC3CCCCC3)cc2c1. The zero-order valence-corrected chi connectivity index (χ0v) is 14.7. The highest BCUT2D eigenvalue weighted by molar-refractivity contribution is 5.96. The largest absolute Gasteiger partial charge is 0.497 e. The first-order chi connectivity index (χ1) is 12.1. The molecule has 0 radical (unpaired) electrons. The number of ether oxygens (including phenoxy) is 1. The quantitative estimate of drug-likeness (QED) is 0.904. The zero-order valence-electron chi connectivity index (χ0n) is 14.7. The molecule has 1 N–H and O–H groups in total. The maximum atomic E-state index is 12.6. The van der Waals surface area contributed by atoms with E-state index in [1.165, 1.54) is 26.4 Å². The van der Waals surface area contributed by atoms with Crippen molar-refractivity contribution in [2.75, 3.05) is 20.8 Å². The summed E-state index contributed by atoms with van der Waals surface area (Å²) >= 11 is 0. The van der Waals surface area contributed by atoms with Crippen molar-refractivity contribution in [3.05, 3.63) is 40.3 Å². The molecule has 0 aliphatic heterocycles. The molecular weight excluding hydrogens is 320 g/mol. The van der Waals surface area contributed by atoms with Gasteiger partial charge in [-0.2, -0.15) is 0 Å². The molecule has 1 heterocycles. The monoisotopic (exact) mass is 344 g/mol. The molecule has 1 aromatic carbocycles. The number of carbonyl (C=O) groups excluding carboxylic acids is 1. The van der Waals surface area contributed by atoms with Gasteiger partial charge in [0, 0.05) is 6.54 Å². The van der Waals surface area contributed by atoms with Crippen LogP contribution in [0.2, 0.25) is 0 Å². The van der Waals surface area contributed by atoms with Gasteiger partial charge in [0.1, 0.15) is 18.6 Å². The van der Waals surface area contributed by atoms with Crippen LogP contribution in [0.1, 0.15) is 42.6 Å². The van der Waals surface area contributed by atoms with Crippen LogP contribution in [0, 0.1) is 5.92 Å². The van der Waals surface area contributed by atoms with E-state index in [-0.39, 0.29) is 17.2 Å². The summed E-state index contributed by atoms with van der Waals surface area (Å²) in [4.78, 5) is 30.4. The van der Waals surface area contributed by atoms with Crippen molar-refractivity contribution in [2.45, 2.75) is 32.1 Å². The summed E-state index contributed by atoms with van der Waals surface area (Å²) < 4.78 is 6.25. The van der Waals surface area contributed by atoms with E-state index in [1.54, 1.807) is 31.4 Å². The lowest BCUT2D eigenvalue weighted by Crippen LogP contribution is -2.37. The van der Waals surface area contributed by atoms with Crippen LogP contribution in [0.4, 0.5) is 0 Å². The second-order valence-corrected chi connectivity index (χ2v) is 6.48. The van der Waals surface area contributed by atoms with Gasteiger partial charge in [0.05, 0.1) is 12.5 Å². The molecule has 3 rings (SSSR count). The van der Waals surface area contributed by atoms with Gasteiger partial charge < -0.3 is 14.9 Å². The Hall–Kier alpha value is -2.50. The fourth-order valence-electron chi connectivity index (χ4n) is 3.46. The Kier molecular flexibility index (Phi) is 5.26. The lowest BCUT2D eigenvalue weighted by Gasteiger charge is -2.22. The third-order valence-corrected chi connectivity index (χ3v) is 4.88. The van der Waals surface area contributed by atoms with Crippen LogP contribution in [-0.2, 0) is 0 Å². The minimum Gasteiger partial charge on any atom is -0.497 e. The van der Waals surface area contributed by atoms with Gasteiger partial charge in [-0.15, -0.1) is 4.73 Å². The normalized spacial score (nSPS) is 15.1. The summed E-state index contributed by atoms with van der Waals surface area (Å²) in [5.74, 6) is 0.853. The van der Waals surface area contributed by atoms with E-state index in [4.69, 9.17) is 9.57 Å². The standard InChI is InChI=1S/C19H24N2O4/c1-24-15-8-9-16-14(10-15)11-17(21(25-2)19(16)23)18(22)20-12-13-6-4-3-5-7-13/h8-11,13H,3-7,12H2,1-2H3,(H,20,22). The first-order valence-corrected chi connectivity index (χ1v) is 8.70. The molecule has 0 bridgehead atoms. The first kappa shape index (κ1) is 17.3. The molecular formula is C19H24N2O4. The lowest BCUT2D eigenvalue weighted by molar-refractivity contribution is 0.0875. The van der Waals surface area contributed by atoms with E-state index in [0.717, 1.165) is 17.6 Å². The molecule has 6 nitrogen and oxygen atoms in total. The van der Waals surface area contributed by atoms with Gasteiger partial charge in [-0.1, -0.05) is 19.3 Å². The van der Waals surface area contributed by atoms with Gasteiger partial charge in [0.2, 0.25) is 0 Å². The van der Waals surface area contributed by atoms with E-state index in [1.807, 2.05) is 0 Å². The van der Waals surface area contributed by atoms with Crippen LogP contribution in [0.5, 0.6) is 5.75 Å². The van der Waals surface area contributed by atoms with E-state index in [0.29, 0.717) is 29.0 Å². The second-order valence-electron chi connectivity index (χ2n) is 6.48. The summed E-state index contributed by atoms with van der Waals surface area (Å²) in [6.45, 7) is 0.632. The molecule has 0 atom stereocenters. The summed E-state index contributed by atoms with van der Waals surface area (Å²) in [6.07, 6.45) is 6.01. The van der Waals surface area contributed by atoms with Crippen molar-refractivity contribution in [1.29, 1.82) is 0 Å². The number of methoxy groups -OCH3 is 1. The topological polar surface area (TPSA) is 69.6 Å². The Labute approximate surface area is 146 Å². The Bertz CT molecular complexity index is 822. The van der Waals surface area contributed by atoms with Crippen LogP contribution in [0.15, 0.2) is 29.1 Å². The van der Waals surface area contributed by atoms with E-state index < -0.39 is 0 Å². The van der Waals surface area contributed by atoms with Gasteiger partial charge >= 0.3 is 0 Å². The number of rotatable bonds is 5. The van der Waals surface area contributed by atoms with Crippen molar-refractivity contribution < 1.29 is 14.4 Å². The molecule has 134 valence electrons. The molecule has 25 heavy (non-hydrogen) atoms. The van der Waals surface area contributed by atoms with Gasteiger partial charge in [0.15, 0.2) is 0 Å². The van der Waals surface area contributed by atoms with Crippen LogP contribution < -0.4 is 20.5 Å². The second kappa shape index (κ2) is 7.59. The van der Waals surface area contributed by atoms with Crippen molar-refractivity contribution in [2.24, 2.45) is 5.92 Å². The van der Waals surface area contributed by atoms with Crippen molar-refractivity contribution in [1.82, 2.24) is 10.0 Å². The Balaban J connectivity index is 1.90. The third-order valence-electron chi connectivity index (χ3n) is 4.88. The molecule has 1 aliphatic rings. The van der Waals surface area contributed by atoms with Gasteiger partial charge in [0.25, 0.3) is 11.5 Å². The average molecular weight is 344 g/mol. The van der Waals surface area contributed by atoms with Gasteiger partial charge in [-0.05, 0) is 48.4 Å². The van der Waals surface area contributed by atoms with Crippen LogP contribution in [-0.4, -0.2) is 31.4 Å².